The molecule has 0 aliphatic carbocycles. The summed E-state index contributed by atoms with van der Waals surface area (Å²) in [7, 11) is 1.87. The molecule has 0 bridgehead atoms. The minimum Gasteiger partial charge on any atom is -0.388 e. The minimum absolute atomic E-state index is 0.131. The first-order chi connectivity index (χ1) is 11.3. The molecule has 0 unspecified atom stereocenters. The van der Waals surface area contributed by atoms with Gasteiger partial charge in [-0.1, -0.05) is 34.8 Å². The number of hydrogen-bond donors (Lipinski definition) is 1. The predicted molar refractivity (Wildman–Crippen MR) is 107 cm³/mol. The van der Waals surface area contributed by atoms with Crippen LogP contribution in [0.3, 0.4) is 0 Å². The van der Waals surface area contributed by atoms with Gasteiger partial charge < -0.3 is 5.32 Å². The summed E-state index contributed by atoms with van der Waals surface area (Å²) in [6, 6.07) is 11.2. The molecule has 1 N–H and O–H groups in total. The molecule has 0 amide bonds. The van der Waals surface area contributed by atoms with Crippen LogP contribution in [0.15, 0.2) is 41.5 Å². The van der Waals surface area contributed by atoms with Crippen molar-refractivity contribution >= 4 is 51.9 Å². The first kappa shape index (κ1) is 18.9. The fourth-order valence-corrected chi connectivity index (χ4v) is 3.08. The maximum Gasteiger partial charge on any atom is 0.0672 e. The van der Waals surface area contributed by atoms with E-state index in [-0.39, 0.29) is 6.04 Å². The number of nitrogens with one attached hydrogen (secondary N) is 1. The molecule has 0 aliphatic rings. The zero-order chi connectivity index (χ0) is 17.9. The van der Waals surface area contributed by atoms with Crippen molar-refractivity contribution in [1.29, 1.82) is 0 Å². The van der Waals surface area contributed by atoms with Crippen LogP contribution in [0.2, 0.25) is 15.1 Å². The molecule has 0 atom stereocenters. The van der Waals surface area contributed by atoms with Gasteiger partial charge in [0.15, 0.2) is 0 Å². The molecule has 0 saturated heterocycles. The zero-order valence-electron chi connectivity index (χ0n) is 14.1. The fourth-order valence-electron chi connectivity index (χ4n) is 2.39. The number of anilines is 2. The van der Waals surface area contributed by atoms with Crippen molar-refractivity contribution in [1.82, 2.24) is 0 Å². The second-order valence-corrected chi connectivity index (χ2v) is 7.00. The monoisotopic (exact) mass is 383 g/mol. The Morgan fingerprint density at radius 3 is 2.17 bits per heavy atom. The van der Waals surface area contributed by atoms with Crippen molar-refractivity contribution in [3.05, 3.63) is 57.0 Å². The van der Waals surface area contributed by atoms with Crippen LogP contribution in [0, 0.1) is 0 Å². The predicted octanol–water partition coefficient (Wildman–Crippen LogP) is 6.33. The van der Waals surface area contributed by atoms with Crippen molar-refractivity contribution < 1.29 is 0 Å². The zero-order valence-corrected chi connectivity index (χ0v) is 16.3. The van der Waals surface area contributed by atoms with Crippen LogP contribution in [0.4, 0.5) is 11.4 Å². The van der Waals surface area contributed by atoms with Crippen LogP contribution >= 0.6 is 34.8 Å². The van der Waals surface area contributed by atoms with E-state index in [9.17, 15) is 0 Å². The highest BCUT2D eigenvalue weighted by Gasteiger charge is 2.14. The summed E-state index contributed by atoms with van der Waals surface area (Å²) in [6.07, 6.45) is 0. The average molecular weight is 385 g/mol. The van der Waals surface area contributed by atoms with Gasteiger partial charge in [-0.2, -0.15) is 5.10 Å². The Balaban J connectivity index is 2.49. The van der Waals surface area contributed by atoms with E-state index in [0.29, 0.717) is 15.1 Å². The van der Waals surface area contributed by atoms with Gasteiger partial charge in [0, 0.05) is 39.4 Å². The lowest BCUT2D eigenvalue weighted by Crippen LogP contribution is -2.26. The number of hydrazone groups is 1. The molecule has 0 saturated carbocycles. The quantitative estimate of drug-likeness (QED) is 0.482. The minimum atomic E-state index is 0.131. The number of hydrogen-bond acceptors (Lipinski definition) is 3. The Morgan fingerprint density at radius 2 is 1.62 bits per heavy atom. The summed E-state index contributed by atoms with van der Waals surface area (Å²) >= 11 is 18.4. The molecule has 0 heterocycles. The maximum atomic E-state index is 6.14. The molecule has 0 fully saturated rings. The molecular formula is C18H20Cl3N3. The molecule has 24 heavy (non-hydrogen) atoms. The summed E-state index contributed by atoms with van der Waals surface area (Å²) in [6.45, 7) is 6.07. The van der Waals surface area contributed by atoms with Crippen molar-refractivity contribution in [2.24, 2.45) is 5.10 Å². The molecule has 2 aromatic carbocycles. The van der Waals surface area contributed by atoms with Gasteiger partial charge >= 0.3 is 0 Å². The van der Waals surface area contributed by atoms with Gasteiger partial charge in [0.05, 0.1) is 11.4 Å². The van der Waals surface area contributed by atoms with E-state index >= 15 is 0 Å². The third kappa shape index (κ3) is 4.56. The normalized spacial score (nSPS) is 11.8. The lowest BCUT2D eigenvalue weighted by atomic mass is 10.1. The van der Waals surface area contributed by atoms with Crippen LogP contribution in [0.1, 0.15) is 26.3 Å². The van der Waals surface area contributed by atoms with Crippen LogP contribution in [-0.4, -0.2) is 18.8 Å². The van der Waals surface area contributed by atoms with Gasteiger partial charge in [0.2, 0.25) is 0 Å². The van der Waals surface area contributed by atoms with E-state index in [2.05, 4.69) is 19.2 Å². The molecule has 3 nitrogen and oxygen atoms in total. The van der Waals surface area contributed by atoms with Crippen LogP contribution in [0.5, 0.6) is 0 Å². The summed E-state index contributed by atoms with van der Waals surface area (Å²) in [5, 5.41) is 11.7. The van der Waals surface area contributed by atoms with Gasteiger partial charge in [-0.15, -0.1) is 0 Å². The van der Waals surface area contributed by atoms with E-state index in [1.807, 2.05) is 49.3 Å². The van der Waals surface area contributed by atoms with Crippen molar-refractivity contribution in [3.8, 4) is 0 Å². The Morgan fingerprint density at radius 1 is 1.00 bits per heavy atom. The summed E-state index contributed by atoms with van der Waals surface area (Å²) < 4.78 is 0. The first-order valence-electron chi connectivity index (χ1n) is 7.60. The van der Waals surface area contributed by atoms with E-state index < -0.39 is 0 Å². The molecule has 0 aromatic heterocycles. The molecule has 0 radical (unpaired) electrons. The van der Waals surface area contributed by atoms with Crippen molar-refractivity contribution in [3.63, 3.8) is 0 Å². The van der Waals surface area contributed by atoms with E-state index in [1.165, 1.54) is 0 Å². The van der Waals surface area contributed by atoms with E-state index in [4.69, 9.17) is 39.9 Å². The Hall–Kier alpha value is -1.42. The highest BCUT2D eigenvalue weighted by atomic mass is 35.5. The molecule has 128 valence electrons. The summed E-state index contributed by atoms with van der Waals surface area (Å²) in [4.78, 5) is 0. The highest BCUT2D eigenvalue weighted by Crippen LogP contribution is 2.28. The standard InChI is InChI=1S/C18H20Cl3N3/c1-11(2)24(16-8-14(20)7-15(21)9-16)23-12(3)17-10-13(19)5-6-18(17)22-4/h5-11,22H,1-4H3/b23-12+. The Bertz CT molecular complexity index is 737. The molecule has 2 rings (SSSR count). The smallest absolute Gasteiger partial charge is 0.0672 e. The second-order valence-electron chi connectivity index (χ2n) is 5.69. The fraction of sp³-hybridized carbons (Fsp3) is 0.278. The van der Waals surface area contributed by atoms with E-state index in [0.717, 1.165) is 22.6 Å². The number of halogens is 3. The highest BCUT2D eigenvalue weighted by molar-refractivity contribution is 6.35. The van der Waals surface area contributed by atoms with Crippen molar-refractivity contribution in [2.75, 3.05) is 17.4 Å². The van der Waals surface area contributed by atoms with Crippen LogP contribution < -0.4 is 10.3 Å². The molecule has 6 heteroatoms. The first-order valence-corrected chi connectivity index (χ1v) is 8.73. The number of benzene rings is 2. The third-order valence-electron chi connectivity index (χ3n) is 3.50. The van der Waals surface area contributed by atoms with Crippen LogP contribution in [0.25, 0.3) is 0 Å². The number of nitrogens with zero attached hydrogens (tertiary/aromatic N) is 2. The van der Waals surface area contributed by atoms with Crippen molar-refractivity contribution in [2.45, 2.75) is 26.8 Å². The van der Waals surface area contributed by atoms with Gasteiger partial charge in [-0.25, -0.2) is 0 Å². The SMILES string of the molecule is CNc1ccc(Cl)cc1/C(C)=N/N(c1cc(Cl)cc(Cl)c1)C(C)C. The molecule has 0 spiro atoms. The Kier molecular flexibility index (Phi) is 6.39. The van der Waals surface area contributed by atoms with Gasteiger partial charge in [0.1, 0.15) is 0 Å². The summed E-state index contributed by atoms with van der Waals surface area (Å²) in [5.41, 5.74) is 3.60. The van der Waals surface area contributed by atoms with Gasteiger partial charge in [-0.3, -0.25) is 5.01 Å². The largest absolute Gasteiger partial charge is 0.388 e. The van der Waals surface area contributed by atoms with Gasteiger partial charge in [-0.05, 0) is 57.2 Å². The lowest BCUT2D eigenvalue weighted by molar-refractivity contribution is 0.713. The topological polar surface area (TPSA) is 27.6 Å². The van der Waals surface area contributed by atoms with Gasteiger partial charge in [0.25, 0.3) is 0 Å². The third-order valence-corrected chi connectivity index (χ3v) is 4.17. The molecular weight excluding hydrogens is 365 g/mol. The lowest BCUT2D eigenvalue weighted by Gasteiger charge is -2.25. The van der Waals surface area contributed by atoms with E-state index in [1.54, 1.807) is 6.07 Å². The Labute approximate surface area is 158 Å². The van der Waals surface area contributed by atoms with Crippen LogP contribution in [-0.2, 0) is 0 Å². The number of rotatable bonds is 5. The average Bonchev–Trinajstić information content (AvgIpc) is 2.51. The molecule has 0 aliphatic heterocycles. The second kappa shape index (κ2) is 8.11. The summed E-state index contributed by atoms with van der Waals surface area (Å²) in [5.74, 6) is 0. The maximum absolute atomic E-state index is 6.14. The molecule has 2 aromatic rings.